The van der Waals surface area contributed by atoms with E-state index in [1.165, 1.54) is 0 Å². The van der Waals surface area contributed by atoms with Crippen LogP contribution >= 0.6 is 0 Å². The third-order valence-corrected chi connectivity index (χ3v) is 6.55. The van der Waals surface area contributed by atoms with E-state index in [1.54, 1.807) is 0 Å². The van der Waals surface area contributed by atoms with E-state index in [9.17, 15) is 9.59 Å². The Hall–Kier alpha value is -0.963. The van der Waals surface area contributed by atoms with Gasteiger partial charge in [0.1, 0.15) is 0 Å². The average Bonchev–Trinajstić information content (AvgIpc) is 2.46. The molecule has 0 amide bonds. The number of carboxylic acids is 2. The zero-order valence-corrected chi connectivity index (χ0v) is 15.4. The molecule has 2 N–H and O–H groups in total. The van der Waals surface area contributed by atoms with Gasteiger partial charge in [0.2, 0.25) is 0 Å². The summed E-state index contributed by atoms with van der Waals surface area (Å²) in [7, 11) is -2.63. The predicted molar refractivity (Wildman–Crippen MR) is 87.3 cm³/mol. The van der Waals surface area contributed by atoms with Gasteiger partial charge in [0.15, 0.2) is 0 Å². The Morgan fingerprint density at radius 1 is 0.913 bits per heavy atom. The standard InChI is InChI=1S/C15H30O7Si/c1-4-20-23(21-5-2,22-6-3)11-9-7-8-10-13(15(18)19)12-14(16)17/h13H,4-12H2,1-3H3,(H,16,17)(H,18,19). The average molecular weight is 350 g/mol. The summed E-state index contributed by atoms with van der Waals surface area (Å²) >= 11 is 0. The number of carboxylic acid groups (broad SMARTS) is 2. The summed E-state index contributed by atoms with van der Waals surface area (Å²) in [4.78, 5) is 21.6. The van der Waals surface area contributed by atoms with Crippen LogP contribution < -0.4 is 0 Å². The molecule has 0 heterocycles. The van der Waals surface area contributed by atoms with Crippen molar-refractivity contribution < 1.29 is 33.1 Å². The molecule has 0 radical (unpaired) electrons. The van der Waals surface area contributed by atoms with Crippen LogP contribution in [0.15, 0.2) is 0 Å². The van der Waals surface area contributed by atoms with Crippen LogP contribution in [0.4, 0.5) is 0 Å². The lowest BCUT2D eigenvalue weighted by molar-refractivity contribution is -0.148. The second kappa shape index (κ2) is 12.5. The minimum atomic E-state index is -2.63. The summed E-state index contributed by atoms with van der Waals surface area (Å²) in [6.07, 6.45) is 2.31. The van der Waals surface area contributed by atoms with E-state index in [2.05, 4.69) is 0 Å². The number of hydrogen-bond donors (Lipinski definition) is 2. The molecule has 1 atom stereocenters. The number of rotatable bonds is 15. The Labute approximate surface area is 139 Å². The lowest BCUT2D eigenvalue weighted by Gasteiger charge is -2.28. The SMILES string of the molecule is CCO[Si](CCCCCC(CC(=O)O)C(=O)O)(OCC)OCC. The Morgan fingerprint density at radius 3 is 1.83 bits per heavy atom. The molecule has 0 rings (SSSR count). The van der Waals surface area contributed by atoms with Crippen molar-refractivity contribution in [2.24, 2.45) is 5.92 Å². The van der Waals surface area contributed by atoms with Gasteiger partial charge < -0.3 is 23.5 Å². The van der Waals surface area contributed by atoms with Crippen molar-refractivity contribution in [1.29, 1.82) is 0 Å². The summed E-state index contributed by atoms with van der Waals surface area (Å²) in [6.45, 7) is 7.32. The van der Waals surface area contributed by atoms with Crippen molar-refractivity contribution in [3.05, 3.63) is 0 Å². The lowest BCUT2D eigenvalue weighted by Crippen LogP contribution is -2.45. The van der Waals surface area contributed by atoms with E-state index < -0.39 is 26.7 Å². The first kappa shape index (κ1) is 22.0. The van der Waals surface area contributed by atoms with Gasteiger partial charge in [-0.15, -0.1) is 0 Å². The van der Waals surface area contributed by atoms with Crippen LogP contribution in [0.1, 0.15) is 52.9 Å². The molecule has 0 saturated carbocycles. The number of hydrogen-bond acceptors (Lipinski definition) is 5. The van der Waals surface area contributed by atoms with E-state index in [1.807, 2.05) is 20.8 Å². The third kappa shape index (κ3) is 9.70. The maximum atomic E-state index is 11.0. The summed E-state index contributed by atoms with van der Waals surface area (Å²) in [5.41, 5.74) is 0. The molecule has 0 aromatic heterocycles. The molecule has 0 aliphatic rings. The quantitative estimate of drug-likeness (QED) is 0.346. The lowest BCUT2D eigenvalue weighted by atomic mass is 9.98. The minimum Gasteiger partial charge on any atom is -0.481 e. The van der Waals surface area contributed by atoms with Gasteiger partial charge in [0, 0.05) is 25.9 Å². The molecule has 0 aliphatic heterocycles. The molecule has 8 heteroatoms. The Kier molecular flexibility index (Phi) is 11.9. The fourth-order valence-electron chi connectivity index (χ4n) is 2.43. The van der Waals surface area contributed by atoms with Gasteiger partial charge in [-0.1, -0.05) is 12.8 Å². The van der Waals surface area contributed by atoms with Crippen LogP contribution in [0, 0.1) is 5.92 Å². The first-order valence-electron chi connectivity index (χ1n) is 8.27. The Balaban J connectivity index is 4.27. The summed E-state index contributed by atoms with van der Waals surface area (Å²) in [5.74, 6) is -2.94. The fourth-order valence-corrected chi connectivity index (χ4v) is 5.12. The molecule has 7 nitrogen and oxygen atoms in total. The monoisotopic (exact) mass is 350 g/mol. The number of carbonyl (C=O) groups is 2. The molecule has 23 heavy (non-hydrogen) atoms. The maximum Gasteiger partial charge on any atom is 0.500 e. The largest absolute Gasteiger partial charge is 0.500 e. The van der Waals surface area contributed by atoms with Gasteiger partial charge in [-0.25, -0.2) is 0 Å². The molecular weight excluding hydrogens is 320 g/mol. The van der Waals surface area contributed by atoms with E-state index in [0.29, 0.717) is 38.7 Å². The van der Waals surface area contributed by atoms with Crippen molar-refractivity contribution in [2.75, 3.05) is 19.8 Å². The fraction of sp³-hybridized carbons (Fsp3) is 0.867. The molecule has 1 unspecified atom stereocenters. The Bertz CT molecular complexity index is 332. The van der Waals surface area contributed by atoms with Gasteiger partial charge in [0.25, 0.3) is 0 Å². The zero-order valence-electron chi connectivity index (χ0n) is 14.4. The highest BCUT2D eigenvalue weighted by Gasteiger charge is 2.39. The minimum absolute atomic E-state index is 0.329. The van der Waals surface area contributed by atoms with Crippen molar-refractivity contribution in [3.8, 4) is 0 Å². The molecule has 0 aromatic carbocycles. The molecule has 0 saturated heterocycles. The van der Waals surface area contributed by atoms with Gasteiger partial charge in [-0.3, -0.25) is 9.59 Å². The molecule has 0 bridgehead atoms. The van der Waals surface area contributed by atoms with Gasteiger partial charge >= 0.3 is 20.7 Å². The van der Waals surface area contributed by atoms with E-state index in [-0.39, 0.29) is 6.42 Å². The predicted octanol–water partition coefficient (Wildman–Crippen LogP) is 2.77. The normalized spacial score (nSPS) is 13.0. The second-order valence-corrected chi connectivity index (χ2v) is 7.95. The summed E-state index contributed by atoms with van der Waals surface area (Å²) in [5, 5.41) is 17.7. The topological polar surface area (TPSA) is 102 Å². The Morgan fingerprint density at radius 2 is 1.43 bits per heavy atom. The van der Waals surface area contributed by atoms with Crippen LogP contribution in [0.2, 0.25) is 6.04 Å². The number of aliphatic carboxylic acids is 2. The van der Waals surface area contributed by atoms with Crippen molar-refractivity contribution in [2.45, 2.75) is 58.9 Å². The highest BCUT2D eigenvalue weighted by atomic mass is 28.4. The number of unbranched alkanes of at least 4 members (excludes halogenated alkanes) is 2. The summed E-state index contributed by atoms with van der Waals surface area (Å²) in [6, 6.07) is 0.694. The molecule has 136 valence electrons. The van der Waals surface area contributed by atoms with Crippen LogP contribution in [0.3, 0.4) is 0 Å². The molecule has 0 aliphatic carbocycles. The van der Waals surface area contributed by atoms with Gasteiger partial charge in [-0.05, 0) is 33.6 Å². The van der Waals surface area contributed by atoms with Crippen molar-refractivity contribution >= 4 is 20.7 Å². The maximum absolute atomic E-state index is 11.0. The van der Waals surface area contributed by atoms with Crippen LogP contribution in [-0.4, -0.2) is 50.8 Å². The third-order valence-electron chi connectivity index (χ3n) is 3.40. The van der Waals surface area contributed by atoms with E-state index in [0.717, 1.165) is 12.8 Å². The second-order valence-electron chi connectivity index (χ2n) is 5.21. The van der Waals surface area contributed by atoms with E-state index in [4.69, 9.17) is 23.5 Å². The summed E-state index contributed by atoms with van der Waals surface area (Å²) < 4.78 is 17.3. The van der Waals surface area contributed by atoms with Crippen LogP contribution in [0.5, 0.6) is 0 Å². The van der Waals surface area contributed by atoms with Crippen molar-refractivity contribution in [1.82, 2.24) is 0 Å². The first-order valence-corrected chi connectivity index (χ1v) is 10.2. The molecule has 0 aromatic rings. The molecule has 0 spiro atoms. The highest BCUT2D eigenvalue weighted by Crippen LogP contribution is 2.21. The first-order chi connectivity index (χ1) is 10.9. The van der Waals surface area contributed by atoms with Crippen LogP contribution in [0.25, 0.3) is 0 Å². The highest BCUT2D eigenvalue weighted by molar-refractivity contribution is 6.60. The zero-order chi connectivity index (χ0) is 17.7. The van der Waals surface area contributed by atoms with Crippen LogP contribution in [-0.2, 0) is 22.9 Å². The molecule has 0 fully saturated rings. The smallest absolute Gasteiger partial charge is 0.481 e. The molecular formula is C15H30O7Si. The van der Waals surface area contributed by atoms with Gasteiger partial charge in [0.05, 0.1) is 12.3 Å². The van der Waals surface area contributed by atoms with Crippen molar-refractivity contribution in [3.63, 3.8) is 0 Å². The van der Waals surface area contributed by atoms with Gasteiger partial charge in [-0.2, -0.15) is 0 Å². The van der Waals surface area contributed by atoms with E-state index >= 15 is 0 Å².